The van der Waals surface area contributed by atoms with Crippen LogP contribution in [0.3, 0.4) is 0 Å². The van der Waals surface area contributed by atoms with Crippen LogP contribution in [0.15, 0.2) is 18.2 Å². The molecule has 18 heavy (non-hydrogen) atoms. The third-order valence-corrected chi connectivity index (χ3v) is 2.83. The van der Waals surface area contributed by atoms with E-state index in [1.54, 1.807) is 10.8 Å². The molecule has 1 amide bonds. The zero-order valence-electron chi connectivity index (χ0n) is 9.76. The number of hydrogen-bond acceptors (Lipinski definition) is 6. The Labute approximate surface area is 104 Å². The Balaban J connectivity index is 2.93. The Kier molecular flexibility index (Phi) is 4.21. The normalized spacial score (nSPS) is 10.6. The summed E-state index contributed by atoms with van der Waals surface area (Å²) in [6.07, 6.45) is -1.11. The Hall–Kier alpha value is -2.16. The first-order chi connectivity index (χ1) is 8.38. The number of rotatable bonds is 4. The number of ether oxygens (including phenoxy) is 2. The lowest BCUT2D eigenvalue weighted by atomic mass is 10.2. The summed E-state index contributed by atoms with van der Waals surface area (Å²) in [6.45, 7) is 0. The first kappa shape index (κ1) is 13.9. The summed E-state index contributed by atoms with van der Waals surface area (Å²) in [4.78, 5) is 10.8. The van der Waals surface area contributed by atoms with Crippen molar-refractivity contribution >= 4 is 27.7 Å². The number of anilines is 2. The minimum Gasteiger partial charge on any atom is -0.497 e. The smallest absolute Gasteiger partial charge is 0.422 e. The van der Waals surface area contributed by atoms with E-state index in [4.69, 9.17) is 10.5 Å². The summed E-state index contributed by atoms with van der Waals surface area (Å²) in [6, 6.07) is 4.42. The average Bonchev–Trinajstić information content (AvgIpc) is 2.31. The summed E-state index contributed by atoms with van der Waals surface area (Å²) < 4.78 is 35.8. The van der Waals surface area contributed by atoms with Gasteiger partial charge in [-0.25, -0.2) is 9.52 Å². The fraction of sp³-hybridized carbons (Fsp3) is 0.222. The van der Waals surface area contributed by atoms with Gasteiger partial charge in [-0.3, -0.25) is 4.72 Å². The van der Waals surface area contributed by atoms with E-state index in [1.165, 1.54) is 19.2 Å². The number of methoxy groups -OCH3 is 2. The SMILES string of the molecule is COC(=O)NS(=O)(=O)Nc1cc(OC)ccc1N. The Bertz CT molecular complexity index is 543. The van der Waals surface area contributed by atoms with Crippen LogP contribution in [-0.4, -0.2) is 28.7 Å². The highest BCUT2D eigenvalue weighted by atomic mass is 32.2. The maximum absolute atomic E-state index is 11.5. The van der Waals surface area contributed by atoms with E-state index >= 15 is 0 Å². The van der Waals surface area contributed by atoms with E-state index in [0.29, 0.717) is 5.75 Å². The van der Waals surface area contributed by atoms with Crippen LogP contribution in [0.5, 0.6) is 5.75 Å². The van der Waals surface area contributed by atoms with Crippen LogP contribution in [-0.2, 0) is 14.9 Å². The molecule has 0 fully saturated rings. The zero-order valence-corrected chi connectivity index (χ0v) is 10.6. The quantitative estimate of drug-likeness (QED) is 0.679. The molecule has 0 heterocycles. The molecular weight excluding hydrogens is 262 g/mol. The summed E-state index contributed by atoms with van der Waals surface area (Å²) in [5.41, 5.74) is 5.86. The van der Waals surface area contributed by atoms with Crippen LogP contribution < -0.4 is 19.9 Å². The van der Waals surface area contributed by atoms with Gasteiger partial charge in [0.1, 0.15) is 5.75 Å². The zero-order chi connectivity index (χ0) is 13.8. The number of hydrogen-bond donors (Lipinski definition) is 3. The molecule has 0 saturated carbocycles. The number of nitrogens with one attached hydrogen (secondary N) is 2. The molecule has 0 aliphatic rings. The van der Waals surface area contributed by atoms with Gasteiger partial charge in [-0.2, -0.15) is 8.42 Å². The Morgan fingerprint density at radius 1 is 1.33 bits per heavy atom. The van der Waals surface area contributed by atoms with E-state index in [0.717, 1.165) is 7.11 Å². The second-order valence-electron chi connectivity index (χ2n) is 3.15. The Morgan fingerprint density at radius 3 is 2.56 bits per heavy atom. The van der Waals surface area contributed by atoms with E-state index in [2.05, 4.69) is 9.46 Å². The molecule has 0 bridgehead atoms. The largest absolute Gasteiger partial charge is 0.497 e. The standard InChI is InChI=1S/C9H13N3O5S/c1-16-6-3-4-7(10)8(5-6)11-18(14,15)12-9(13)17-2/h3-5,11H,10H2,1-2H3,(H,12,13). The van der Waals surface area contributed by atoms with Crippen LogP contribution in [0, 0.1) is 0 Å². The molecule has 0 unspecified atom stereocenters. The molecule has 0 atom stereocenters. The van der Waals surface area contributed by atoms with Crippen molar-refractivity contribution in [2.45, 2.75) is 0 Å². The van der Waals surface area contributed by atoms with Gasteiger partial charge >= 0.3 is 16.3 Å². The molecule has 0 spiro atoms. The van der Waals surface area contributed by atoms with Crippen molar-refractivity contribution in [3.8, 4) is 5.75 Å². The number of nitrogen functional groups attached to an aromatic ring is 1. The van der Waals surface area contributed by atoms with Crippen LogP contribution in [0.25, 0.3) is 0 Å². The monoisotopic (exact) mass is 275 g/mol. The minimum absolute atomic E-state index is 0.0887. The first-order valence-corrected chi connectivity index (χ1v) is 6.18. The average molecular weight is 275 g/mol. The molecule has 1 aromatic carbocycles. The first-order valence-electron chi connectivity index (χ1n) is 4.70. The van der Waals surface area contributed by atoms with Gasteiger partial charge in [0.2, 0.25) is 0 Å². The van der Waals surface area contributed by atoms with Gasteiger partial charge < -0.3 is 15.2 Å². The van der Waals surface area contributed by atoms with Crippen LogP contribution in [0.4, 0.5) is 16.2 Å². The van der Waals surface area contributed by atoms with Crippen molar-refractivity contribution in [1.82, 2.24) is 4.72 Å². The predicted molar refractivity (Wildman–Crippen MR) is 65.5 cm³/mol. The van der Waals surface area contributed by atoms with Crippen molar-refractivity contribution in [1.29, 1.82) is 0 Å². The van der Waals surface area contributed by atoms with Crippen LogP contribution in [0.2, 0.25) is 0 Å². The highest BCUT2D eigenvalue weighted by Crippen LogP contribution is 2.24. The topological polar surface area (TPSA) is 120 Å². The summed E-state index contributed by atoms with van der Waals surface area (Å²) in [7, 11) is -1.63. The second-order valence-corrected chi connectivity index (χ2v) is 4.57. The molecule has 0 aromatic heterocycles. The third-order valence-electron chi connectivity index (χ3n) is 1.91. The molecule has 0 aliphatic carbocycles. The summed E-state index contributed by atoms with van der Waals surface area (Å²) in [5.74, 6) is 0.417. The number of carbonyl (C=O) groups excluding carboxylic acids is 1. The van der Waals surface area contributed by atoms with E-state index in [1.807, 2.05) is 0 Å². The molecule has 0 aliphatic heterocycles. The lowest BCUT2D eigenvalue weighted by Gasteiger charge is -2.11. The second kappa shape index (κ2) is 5.45. The summed E-state index contributed by atoms with van der Waals surface area (Å²) >= 11 is 0. The molecule has 8 nitrogen and oxygen atoms in total. The van der Waals surface area contributed by atoms with Crippen molar-refractivity contribution in [3.63, 3.8) is 0 Å². The van der Waals surface area contributed by atoms with Crippen LogP contribution >= 0.6 is 0 Å². The molecule has 1 aromatic rings. The lowest BCUT2D eigenvalue weighted by molar-refractivity contribution is 0.177. The van der Waals surface area contributed by atoms with Gasteiger partial charge in [0, 0.05) is 6.07 Å². The molecule has 0 radical (unpaired) electrons. The van der Waals surface area contributed by atoms with Crippen molar-refractivity contribution < 1.29 is 22.7 Å². The highest BCUT2D eigenvalue weighted by molar-refractivity contribution is 7.91. The van der Waals surface area contributed by atoms with Crippen LogP contribution in [0.1, 0.15) is 0 Å². The third kappa shape index (κ3) is 3.70. The van der Waals surface area contributed by atoms with Gasteiger partial charge in [0.25, 0.3) is 0 Å². The van der Waals surface area contributed by atoms with E-state index < -0.39 is 16.3 Å². The fourth-order valence-corrected chi connectivity index (χ4v) is 1.89. The van der Waals surface area contributed by atoms with Crippen molar-refractivity contribution in [3.05, 3.63) is 18.2 Å². The molecule has 100 valence electrons. The van der Waals surface area contributed by atoms with Crippen molar-refractivity contribution in [2.75, 3.05) is 24.7 Å². The molecule has 1 rings (SSSR count). The maximum atomic E-state index is 11.5. The fourth-order valence-electron chi connectivity index (χ4n) is 1.07. The molecule has 9 heteroatoms. The van der Waals surface area contributed by atoms with Gasteiger partial charge in [-0.1, -0.05) is 0 Å². The summed E-state index contributed by atoms with van der Waals surface area (Å²) in [5, 5.41) is 0. The van der Waals surface area contributed by atoms with Crippen molar-refractivity contribution in [2.24, 2.45) is 0 Å². The predicted octanol–water partition coefficient (Wildman–Crippen LogP) is 0.290. The van der Waals surface area contributed by atoms with Gasteiger partial charge in [0.15, 0.2) is 0 Å². The van der Waals surface area contributed by atoms with E-state index in [9.17, 15) is 13.2 Å². The molecule has 0 saturated heterocycles. The maximum Gasteiger partial charge on any atom is 0.422 e. The minimum atomic E-state index is -4.10. The molecule has 4 N–H and O–H groups in total. The van der Waals surface area contributed by atoms with E-state index in [-0.39, 0.29) is 11.4 Å². The number of benzene rings is 1. The number of amides is 1. The number of carbonyl (C=O) groups is 1. The van der Waals surface area contributed by atoms with Gasteiger partial charge in [-0.15, -0.1) is 0 Å². The highest BCUT2D eigenvalue weighted by Gasteiger charge is 2.16. The van der Waals surface area contributed by atoms with Gasteiger partial charge in [0.05, 0.1) is 25.6 Å². The lowest BCUT2D eigenvalue weighted by Crippen LogP contribution is -2.35. The van der Waals surface area contributed by atoms with Gasteiger partial charge in [-0.05, 0) is 12.1 Å². The number of nitrogens with two attached hydrogens (primary N) is 1. The Morgan fingerprint density at radius 2 is 2.00 bits per heavy atom. The molecular formula is C9H13N3O5S.